The van der Waals surface area contributed by atoms with Crippen LogP contribution in [0.3, 0.4) is 0 Å². The van der Waals surface area contributed by atoms with Crippen LogP contribution >= 0.6 is 0 Å². The van der Waals surface area contributed by atoms with Crippen LogP contribution in [0.1, 0.15) is 33.6 Å². The predicted molar refractivity (Wildman–Crippen MR) is 76.3 cm³/mol. The number of aliphatic hydroxyl groups excluding tert-OH is 2. The number of aliphatic hydroxyl groups is 3. The van der Waals surface area contributed by atoms with E-state index in [0.717, 1.165) is 5.57 Å². The van der Waals surface area contributed by atoms with Crippen LogP contribution in [0.25, 0.3) is 0 Å². The first kappa shape index (κ1) is 15.7. The third kappa shape index (κ3) is 4.36. The maximum absolute atomic E-state index is 10.5. The summed E-state index contributed by atoms with van der Waals surface area (Å²) >= 11 is 0. The molecule has 0 saturated heterocycles. The van der Waals surface area contributed by atoms with E-state index in [0.29, 0.717) is 17.6 Å². The topological polar surface area (TPSA) is 60.7 Å². The third-order valence-corrected chi connectivity index (χ3v) is 3.02. The van der Waals surface area contributed by atoms with Crippen LogP contribution in [0.4, 0.5) is 0 Å². The van der Waals surface area contributed by atoms with E-state index < -0.39 is 17.8 Å². The molecule has 0 heterocycles. The summed E-state index contributed by atoms with van der Waals surface area (Å²) in [6.45, 7) is 9.27. The van der Waals surface area contributed by atoms with Gasteiger partial charge in [-0.15, -0.1) is 0 Å². The summed E-state index contributed by atoms with van der Waals surface area (Å²) in [7, 11) is 0. The molecule has 19 heavy (non-hydrogen) atoms. The Balaban J connectivity index is 3.02. The van der Waals surface area contributed by atoms with Gasteiger partial charge in [-0.2, -0.15) is 0 Å². The quantitative estimate of drug-likeness (QED) is 0.524. The molecule has 1 aliphatic rings. The summed E-state index contributed by atoms with van der Waals surface area (Å²) in [6.07, 6.45) is 1.87. The van der Waals surface area contributed by atoms with Gasteiger partial charge in [-0.05, 0) is 38.8 Å². The summed E-state index contributed by atoms with van der Waals surface area (Å²) in [5, 5.41) is 30.6. The summed E-state index contributed by atoms with van der Waals surface area (Å²) in [4.78, 5) is 0. The van der Waals surface area contributed by atoms with E-state index in [1.165, 1.54) is 6.08 Å². The number of hydrogen-bond donors (Lipinski definition) is 3. The minimum Gasteiger partial charge on any atom is -0.389 e. The van der Waals surface area contributed by atoms with Crippen LogP contribution < -0.4 is 0 Å². The van der Waals surface area contributed by atoms with Gasteiger partial charge in [-0.1, -0.05) is 30.1 Å². The summed E-state index contributed by atoms with van der Waals surface area (Å²) in [6, 6.07) is 0. The maximum atomic E-state index is 10.5. The van der Waals surface area contributed by atoms with E-state index in [9.17, 15) is 15.3 Å². The van der Waals surface area contributed by atoms with E-state index >= 15 is 0 Å². The molecule has 3 nitrogen and oxygen atoms in total. The highest BCUT2D eigenvalue weighted by atomic mass is 16.3. The largest absolute Gasteiger partial charge is 0.389 e. The molecule has 104 valence electrons. The van der Waals surface area contributed by atoms with Crippen molar-refractivity contribution in [3.63, 3.8) is 0 Å². The van der Waals surface area contributed by atoms with Crippen molar-refractivity contribution in [3.05, 3.63) is 35.5 Å². The lowest BCUT2D eigenvalue weighted by atomic mass is 9.78. The lowest BCUT2D eigenvalue weighted by molar-refractivity contribution is -0.0833. The monoisotopic (exact) mass is 262 g/mol. The smallest absolute Gasteiger partial charge is 0.116 e. The predicted octanol–water partition coefficient (Wildman–Crippen LogP) is 1.71. The van der Waals surface area contributed by atoms with Gasteiger partial charge in [0.1, 0.15) is 11.7 Å². The molecule has 1 rings (SSSR count). The summed E-state index contributed by atoms with van der Waals surface area (Å²) in [5.74, 6) is 5.52. The van der Waals surface area contributed by atoms with Gasteiger partial charge < -0.3 is 15.3 Å². The molecular weight excluding hydrogens is 240 g/mol. The highest BCUT2D eigenvalue weighted by Gasteiger charge is 2.41. The highest BCUT2D eigenvalue weighted by Crippen LogP contribution is 2.32. The summed E-state index contributed by atoms with van der Waals surface area (Å²) in [5.41, 5.74) is 0.705. The molecule has 0 aliphatic heterocycles. The molecule has 0 unspecified atom stereocenters. The average Bonchev–Trinajstić information content (AvgIpc) is 2.29. The second-order valence-electron chi connectivity index (χ2n) is 5.42. The SMILES string of the molecule is C=C(C)C#CC1=C[C@@H](O)C[C@@](O)(CC=C(C)C)[C@@H]1O. The van der Waals surface area contributed by atoms with Crippen LogP contribution in [0.15, 0.2) is 35.5 Å². The molecule has 3 atom stereocenters. The van der Waals surface area contributed by atoms with Crippen LogP contribution in [0.2, 0.25) is 0 Å². The minimum atomic E-state index is -1.37. The van der Waals surface area contributed by atoms with Crippen molar-refractivity contribution >= 4 is 0 Å². The maximum Gasteiger partial charge on any atom is 0.116 e. The van der Waals surface area contributed by atoms with Gasteiger partial charge in [0, 0.05) is 12.0 Å². The van der Waals surface area contributed by atoms with Crippen molar-refractivity contribution in [2.45, 2.75) is 51.4 Å². The van der Waals surface area contributed by atoms with Crippen molar-refractivity contribution < 1.29 is 15.3 Å². The average molecular weight is 262 g/mol. The molecule has 0 aromatic rings. The molecule has 0 radical (unpaired) electrons. The van der Waals surface area contributed by atoms with Crippen LogP contribution in [0.5, 0.6) is 0 Å². The molecule has 0 amide bonds. The van der Waals surface area contributed by atoms with Gasteiger partial charge in [-0.25, -0.2) is 0 Å². The molecule has 0 spiro atoms. The van der Waals surface area contributed by atoms with Gasteiger partial charge in [0.2, 0.25) is 0 Å². The lowest BCUT2D eigenvalue weighted by Gasteiger charge is -2.37. The fourth-order valence-corrected chi connectivity index (χ4v) is 1.99. The first-order valence-corrected chi connectivity index (χ1v) is 6.36. The van der Waals surface area contributed by atoms with E-state index in [2.05, 4.69) is 18.4 Å². The molecule has 1 aliphatic carbocycles. The van der Waals surface area contributed by atoms with E-state index in [4.69, 9.17) is 0 Å². The van der Waals surface area contributed by atoms with Gasteiger partial charge in [0.05, 0.1) is 6.10 Å². The minimum absolute atomic E-state index is 0.107. The van der Waals surface area contributed by atoms with Crippen molar-refractivity contribution in [1.82, 2.24) is 0 Å². The summed E-state index contributed by atoms with van der Waals surface area (Å²) < 4.78 is 0. The lowest BCUT2D eigenvalue weighted by Crippen LogP contribution is -2.48. The molecule has 0 fully saturated rings. The van der Waals surface area contributed by atoms with Crippen molar-refractivity contribution in [1.29, 1.82) is 0 Å². The fourth-order valence-electron chi connectivity index (χ4n) is 1.99. The fraction of sp³-hybridized carbons (Fsp3) is 0.500. The van der Waals surface area contributed by atoms with Crippen molar-refractivity contribution in [2.24, 2.45) is 0 Å². The number of rotatable bonds is 2. The molecule has 0 aromatic heterocycles. The second-order valence-corrected chi connectivity index (χ2v) is 5.42. The zero-order valence-electron chi connectivity index (χ0n) is 11.8. The molecule has 0 bridgehead atoms. The Kier molecular flexibility index (Phi) is 5.13. The Morgan fingerprint density at radius 3 is 2.63 bits per heavy atom. The molecule has 0 saturated carbocycles. The number of hydrogen-bond acceptors (Lipinski definition) is 3. The zero-order valence-corrected chi connectivity index (χ0v) is 11.8. The molecule has 0 aromatic carbocycles. The second kappa shape index (κ2) is 6.21. The first-order chi connectivity index (χ1) is 8.74. The van der Waals surface area contributed by atoms with Gasteiger partial charge in [-0.3, -0.25) is 0 Å². The van der Waals surface area contributed by atoms with E-state index in [-0.39, 0.29) is 6.42 Å². The van der Waals surface area contributed by atoms with Crippen molar-refractivity contribution in [3.8, 4) is 11.8 Å². The number of allylic oxidation sites excluding steroid dienone is 2. The van der Waals surface area contributed by atoms with Crippen LogP contribution in [-0.4, -0.2) is 33.1 Å². The van der Waals surface area contributed by atoms with Gasteiger partial charge in [0.25, 0.3) is 0 Å². The Bertz CT molecular complexity index is 472. The van der Waals surface area contributed by atoms with E-state index in [1.807, 2.05) is 19.9 Å². The van der Waals surface area contributed by atoms with Gasteiger partial charge in [0.15, 0.2) is 0 Å². The highest BCUT2D eigenvalue weighted by molar-refractivity contribution is 5.42. The molecular formula is C16H22O3. The van der Waals surface area contributed by atoms with Crippen molar-refractivity contribution in [2.75, 3.05) is 0 Å². The Morgan fingerprint density at radius 1 is 1.47 bits per heavy atom. The Morgan fingerprint density at radius 2 is 2.11 bits per heavy atom. The van der Waals surface area contributed by atoms with Crippen LogP contribution in [0, 0.1) is 11.8 Å². The Labute approximate surface area is 115 Å². The zero-order chi connectivity index (χ0) is 14.6. The van der Waals surface area contributed by atoms with Gasteiger partial charge >= 0.3 is 0 Å². The third-order valence-electron chi connectivity index (χ3n) is 3.02. The first-order valence-electron chi connectivity index (χ1n) is 6.36. The molecule has 3 N–H and O–H groups in total. The molecule has 3 heteroatoms. The Hall–Kier alpha value is -1.34. The van der Waals surface area contributed by atoms with Crippen LogP contribution in [-0.2, 0) is 0 Å². The normalized spacial score (nSPS) is 29.9. The van der Waals surface area contributed by atoms with E-state index in [1.54, 1.807) is 6.92 Å². The standard InChI is InChI=1S/C16H22O3/c1-11(2)5-6-13-9-14(17)10-16(19,15(13)18)8-7-12(3)4/h7,9,14-15,17-19H,1,8,10H2,2-4H3/t14-,15-,16+/m1/s1.